The summed E-state index contributed by atoms with van der Waals surface area (Å²) in [5.41, 5.74) is 8.25. The van der Waals surface area contributed by atoms with Gasteiger partial charge in [-0.25, -0.2) is 0 Å². The molecule has 1 aromatic heterocycles. The van der Waals surface area contributed by atoms with E-state index in [2.05, 4.69) is 10.4 Å². The Kier molecular flexibility index (Phi) is 2.75. The highest BCUT2D eigenvalue weighted by atomic mass is 35.5. The molecule has 4 nitrogen and oxygen atoms in total. The Balaban J connectivity index is 2.31. The van der Waals surface area contributed by atoms with Crippen molar-refractivity contribution in [3.05, 3.63) is 35.0 Å². The minimum Gasteiger partial charge on any atom is -0.398 e. The van der Waals surface area contributed by atoms with E-state index in [9.17, 15) is 0 Å². The summed E-state index contributed by atoms with van der Waals surface area (Å²) in [6, 6.07) is 5.54. The summed E-state index contributed by atoms with van der Waals surface area (Å²) in [5, 5.41) is 7.96. The average molecular weight is 237 g/mol. The maximum atomic E-state index is 5.97. The highest BCUT2D eigenvalue weighted by Gasteiger charge is 2.05. The molecule has 1 aromatic carbocycles. The Morgan fingerprint density at radius 2 is 2.19 bits per heavy atom. The maximum Gasteiger partial charge on any atom is 0.152 e. The average Bonchev–Trinajstić information content (AvgIpc) is 2.60. The largest absolute Gasteiger partial charge is 0.398 e. The third kappa shape index (κ3) is 2.12. The molecule has 0 unspecified atom stereocenters. The monoisotopic (exact) mass is 236 g/mol. The lowest BCUT2D eigenvalue weighted by atomic mass is 10.2. The van der Waals surface area contributed by atoms with Gasteiger partial charge in [0.25, 0.3) is 0 Å². The van der Waals surface area contributed by atoms with Crippen LogP contribution < -0.4 is 11.1 Å². The first-order valence-corrected chi connectivity index (χ1v) is 5.26. The molecule has 2 aromatic rings. The number of aromatic nitrogens is 2. The fourth-order valence-corrected chi connectivity index (χ4v) is 1.62. The van der Waals surface area contributed by atoms with Gasteiger partial charge in [0.2, 0.25) is 0 Å². The molecule has 0 fully saturated rings. The van der Waals surface area contributed by atoms with Crippen LogP contribution in [0.4, 0.5) is 17.2 Å². The minimum atomic E-state index is 0.545. The van der Waals surface area contributed by atoms with Gasteiger partial charge in [0.1, 0.15) is 0 Å². The summed E-state index contributed by atoms with van der Waals surface area (Å²) in [7, 11) is 1.87. The van der Waals surface area contributed by atoms with Crippen molar-refractivity contribution < 1.29 is 0 Å². The maximum absolute atomic E-state index is 5.97. The van der Waals surface area contributed by atoms with Gasteiger partial charge in [0.05, 0.1) is 10.7 Å². The van der Waals surface area contributed by atoms with Crippen LogP contribution in [0.3, 0.4) is 0 Å². The molecule has 84 valence electrons. The van der Waals surface area contributed by atoms with Crippen LogP contribution in [0.25, 0.3) is 0 Å². The number of benzene rings is 1. The van der Waals surface area contributed by atoms with Gasteiger partial charge in [0.15, 0.2) is 5.82 Å². The summed E-state index contributed by atoms with van der Waals surface area (Å²) in [5.74, 6) is 0.784. The lowest BCUT2D eigenvalue weighted by Crippen LogP contribution is -1.97. The normalized spacial score (nSPS) is 10.4. The number of halogens is 1. The fourth-order valence-electron chi connectivity index (χ4n) is 1.46. The molecule has 0 atom stereocenters. The third-order valence-electron chi connectivity index (χ3n) is 2.32. The van der Waals surface area contributed by atoms with Crippen LogP contribution >= 0.6 is 11.6 Å². The summed E-state index contributed by atoms with van der Waals surface area (Å²) < 4.78 is 1.73. The predicted octanol–water partition coefficient (Wildman–Crippen LogP) is 2.71. The number of nitrogens with zero attached hydrogens (tertiary/aromatic N) is 2. The molecule has 2 rings (SSSR count). The standard InChI is InChI=1S/C11H13ClN4/c1-7-5-9(13)8(12)6-10(7)14-11-3-4-16(2)15-11/h3-6H,13H2,1-2H3,(H,14,15). The molecule has 16 heavy (non-hydrogen) atoms. The van der Waals surface area contributed by atoms with Gasteiger partial charge >= 0.3 is 0 Å². The van der Waals surface area contributed by atoms with Gasteiger partial charge in [-0.05, 0) is 24.6 Å². The molecule has 0 bridgehead atoms. The van der Waals surface area contributed by atoms with Crippen molar-refractivity contribution in [2.75, 3.05) is 11.1 Å². The zero-order valence-corrected chi connectivity index (χ0v) is 9.92. The molecule has 0 aliphatic heterocycles. The second-order valence-corrected chi connectivity index (χ2v) is 4.10. The second kappa shape index (κ2) is 4.06. The van der Waals surface area contributed by atoms with E-state index in [4.69, 9.17) is 17.3 Å². The Morgan fingerprint density at radius 3 is 2.81 bits per heavy atom. The number of rotatable bonds is 2. The number of hydrogen-bond donors (Lipinski definition) is 2. The van der Waals surface area contributed by atoms with Gasteiger partial charge < -0.3 is 11.1 Å². The molecule has 0 radical (unpaired) electrons. The molecule has 1 heterocycles. The van der Waals surface area contributed by atoms with Crippen LogP contribution in [-0.2, 0) is 7.05 Å². The molecule has 0 aliphatic rings. The lowest BCUT2D eigenvalue weighted by Gasteiger charge is -2.09. The van der Waals surface area contributed by atoms with Crippen LogP contribution in [0.5, 0.6) is 0 Å². The highest BCUT2D eigenvalue weighted by Crippen LogP contribution is 2.28. The first-order chi connectivity index (χ1) is 7.56. The van der Waals surface area contributed by atoms with Crippen LogP contribution in [0.15, 0.2) is 24.4 Å². The molecular weight excluding hydrogens is 224 g/mol. The van der Waals surface area contributed by atoms with Crippen molar-refractivity contribution >= 4 is 28.8 Å². The van der Waals surface area contributed by atoms with Gasteiger partial charge in [-0.1, -0.05) is 11.6 Å². The van der Waals surface area contributed by atoms with Crippen molar-refractivity contribution in [2.45, 2.75) is 6.92 Å². The van der Waals surface area contributed by atoms with E-state index >= 15 is 0 Å². The molecule has 3 N–H and O–H groups in total. The molecule has 0 aliphatic carbocycles. The van der Waals surface area contributed by atoms with E-state index in [-0.39, 0.29) is 0 Å². The van der Waals surface area contributed by atoms with Crippen molar-refractivity contribution in [2.24, 2.45) is 7.05 Å². The fraction of sp³-hybridized carbons (Fsp3) is 0.182. The molecule has 5 heteroatoms. The predicted molar refractivity (Wildman–Crippen MR) is 67.1 cm³/mol. The van der Waals surface area contributed by atoms with Gasteiger partial charge in [-0.15, -0.1) is 0 Å². The summed E-state index contributed by atoms with van der Waals surface area (Å²) in [6.45, 7) is 1.97. The number of aryl methyl sites for hydroxylation is 2. The Bertz CT molecular complexity index is 519. The minimum absolute atomic E-state index is 0.545. The second-order valence-electron chi connectivity index (χ2n) is 3.69. The third-order valence-corrected chi connectivity index (χ3v) is 2.65. The van der Waals surface area contributed by atoms with E-state index < -0.39 is 0 Å². The van der Waals surface area contributed by atoms with E-state index in [0.29, 0.717) is 10.7 Å². The lowest BCUT2D eigenvalue weighted by molar-refractivity contribution is 0.771. The highest BCUT2D eigenvalue weighted by molar-refractivity contribution is 6.33. The van der Waals surface area contributed by atoms with Crippen LogP contribution in [0.1, 0.15) is 5.56 Å². The molecule has 0 saturated heterocycles. The summed E-state index contributed by atoms with van der Waals surface area (Å²) >= 11 is 5.97. The molecule has 0 saturated carbocycles. The number of nitrogen functional groups attached to an aromatic ring is 1. The zero-order valence-electron chi connectivity index (χ0n) is 9.16. The molecular formula is C11H13ClN4. The van der Waals surface area contributed by atoms with E-state index in [1.165, 1.54) is 0 Å². The Labute approximate surface area is 99.0 Å². The smallest absolute Gasteiger partial charge is 0.152 e. The first-order valence-electron chi connectivity index (χ1n) is 4.88. The summed E-state index contributed by atoms with van der Waals surface area (Å²) in [4.78, 5) is 0. The Hall–Kier alpha value is -1.68. The quantitative estimate of drug-likeness (QED) is 0.789. The zero-order chi connectivity index (χ0) is 11.7. The van der Waals surface area contributed by atoms with Crippen LogP contribution in [0.2, 0.25) is 5.02 Å². The first kappa shape index (κ1) is 10.8. The number of anilines is 3. The van der Waals surface area contributed by atoms with Crippen LogP contribution in [-0.4, -0.2) is 9.78 Å². The van der Waals surface area contributed by atoms with Gasteiger partial charge in [0, 0.05) is 25.0 Å². The number of nitrogens with one attached hydrogen (secondary N) is 1. The number of hydrogen-bond acceptors (Lipinski definition) is 3. The van der Waals surface area contributed by atoms with Gasteiger partial charge in [-0.3, -0.25) is 4.68 Å². The molecule has 0 spiro atoms. The number of nitrogens with two attached hydrogens (primary N) is 1. The summed E-state index contributed by atoms with van der Waals surface area (Å²) in [6.07, 6.45) is 1.87. The van der Waals surface area contributed by atoms with Crippen LogP contribution in [0, 0.1) is 6.92 Å². The van der Waals surface area contributed by atoms with Crippen molar-refractivity contribution in [1.82, 2.24) is 9.78 Å². The topological polar surface area (TPSA) is 55.9 Å². The molecule has 0 amide bonds. The van der Waals surface area contributed by atoms with Crippen molar-refractivity contribution in [1.29, 1.82) is 0 Å². The van der Waals surface area contributed by atoms with Crippen molar-refractivity contribution in [3.8, 4) is 0 Å². The van der Waals surface area contributed by atoms with Gasteiger partial charge in [-0.2, -0.15) is 5.10 Å². The van der Waals surface area contributed by atoms with E-state index in [1.807, 2.05) is 32.3 Å². The Morgan fingerprint density at radius 1 is 1.44 bits per heavy atom. The van der Waals surface area contributed by atoms with Crippen molar-refractivity contribution in [3.63, 3.8) is 0 Å². The van der Waals surface area contributed by atoms with E-state index in [1.54, 1.807) is 10.7 Å². The van der Waals surface area contributed by atoms with E-state index in [0.717, 1.165) is 17.1 Å². The SMILES string of the molecule is Cc1cc(N)c(Cl)cc1Nc1ccn(C)n1.